The summed E-state index contributed by atoms with van der Waals surface area (Å²) in [6.45, 7) is 3.27. The molecule has 0 spiro atoms. The van der Waals surface area contributed by atoms with E-state index in [4.69, 9.17) is 4.74 Å². The Kier molecular flexibility index (Phi) is 7.33. The van der Waals surface area contributed by atoms with Crippen LogP contribution in [0.2, 0.25) is 0 Å². The quantitative estimate of drug-likeness (QED) is 0.422. The maximum absolute atomic E-state index is 10.6. The highest BCUT2D eigenvalue weighted by molar-refractivity contribution is 5.71. The Balaban J connectivity index is 3.13. The van der Waals surface area contributed by atoms with E-state index in [1.807, 2.05) is 0 Å². The molecule has 0 saturated heterocycles. The molecule has 0 atom stereocenters. The van der Waals surface area contributed by atoms with Crippen molar-refractivity contribution < 1.29 is 19.1 Å². The average molecular weight is 173 g/mol. The zero-order valence-corrected chi connectivity index (χ0v) is 7.17. The first-order valence-corrected chi connectivity index (χ1v) is 3.95. The van der Waals surface area contributed by atoms with E-state index in [9.17, 15) is 9.59 Å². The number of carbonyl (C=O) groups is 1. The van der Waals surface area contributed by atoms with E-state index in [1.165, 1.54) is 0 Å². The van der Waals surface area contributed by atoms with E-state index < -0.39 is 5.97 Å². The molecular formula is C8H13O4. The van der Waals surface area contributed by atoms with Crippen LogP contribution < -0.4 is 0 Å². The molecule has 0 saturated carbocycles. The van der Waals surface area contributed by atoms with Crippen LogP contribution in [0.25, 0.3) is 0 Å². The number of hydrogen-bond acceptors (Lipinski definition) is 4. The molecule has 0 aliphatic rings. The van der Waals surface area contributed by atoms with Gasteiger partial charge in [-0.2, -0.15) is 0 Å². The number of esters is 1. The number of unbranched alkanes of at least 4 members (excludes halogenated alkanes) is 2. The third-order valence-electron chi connectivity index (χ3n) is 1.26. The van der Waals surface area contributed by atoms with Crippen LogP contribution in [0.3, 0.4) is 0 Å². The van der Waals surface area contributed by atoms with Crippen molar-refractivity contribution in [3.63, 3.8) is 0 Å². The van der Waals surface area contributed by atoms with Crippen molar-refractivity contribution in [2.45, 2.75) is 26.2 Å². The molecule has 0 heterocycles. The third kappa shape index (κ3) is 7.05. The molecule has 0 aromatic heterocycles. The molecule has 4 heteroatoms. The second kappa shape index (κ2) is 8.04. The summed E-state index contributed by atoms with van der Waals surface area (Å²) in [6, 6.07) is 0. The van der Waals surface area contributed by atoms with Crippen molar-refractivity contribution in [2.75, 3.05) is 13.2 Å². The molecule has 0 aliphatic heterocycles. The molecule has 0 aromatic rings. The highest BCUT2D eigenvalue weighted by Gasteiger charge is 2.01. The van der Waals surface area contributed by atoms with Gasteiger partial charge in [0.05, 0.1) is 6.61 Å². The van der Waals surface area contributed by atoms with Gasteiger partial charge in [-0.15, -0.1) is 0 Å². The molecular weight excluding hydrogens is 160 g/mol. The second-order valence-corrected chi connectivity index (χ2v) is 2.30. The molecule has 0 unspecified atom stereocenters. The smallest absolute Gasteiger partial charge is 0.418 e. The highest BCUT2D eigenvalue weighted by atomic mass is 16.6. The SMILES string of the molecule is CCCCCOC(=O)CO[C]=O. The van der Waals surface area contributed by atoms with Crippen LogP contribution in [-0.4, -0.2) is 25.7 Å². The summed E-state index contributed by atoms with van der Waals surface area (Å²) in [5, 5.41) is 0. The predicted octanol–water partition coefficient (Wildman–Crippen LogP) is 0.804. The monoisotopic (exact) mass is 173 g/mol. The average Bonchev–Trinajstić information content (AvgIpc) is 2.09. The van der Waals surface area contributed by atoms with Gasteiger partial charge in [0.15, 0.2) is 6.61 Å². The van der Waals surface area contributed by atoms with E-state index in [0.29, 0.717) is 6.61 Å². The Morgan fingerprint density at radius 3 is 2.75 bits per heavy atom. The van der Waals surface area contributed by atoms with Gasteiger partial charge in [-0.1, -0.05) is 19.8 Å². The molecule has 0 N–H and O–H groups in total. The van der Waals surface area contributed by atoms with Gasteiger partial charge in [0.2, 0.25) is 0 Å². The lowest BCUT2D eigenvalue weighted by Crippen LogP contribution is -2.12. The summed E-state index contributed by atoms with van der Waals surface area (Å²) in [6.07, 6.45) is 2.97. The minimum Gasteiger partial charge on any atom is -0.463 e. The molecule has 0 rings (SSSR count). The Labute approximate surface area is 71.8 Å². The van der Waals surface area contributed by atoms with Crippen molar-refractivity contribution in [3.8, 4) is 0 Å². The summed E-state index contributed by atoms with van der Waals surface area (Å²) in [5.74, 6) is -0.519. The van der Waals surface area contributed by atoms with Crippen molar-refractivity contribution in [1.82, 2.24) is 0 Å². The maximum Gasteiger partial charge on any atom is 0.418 e. The predicted molar refractivity (Wildman–Crippen MR) is 42.1 cm³/mol. The molecule has 0 amide bonds. The van der Waals surface area contributed by atoms with Gasteiger partial charge in [0, 0.05) is 0 Å². The first-order valence-electron chi connectivity index (χ1n) is 3.95. The van der Waals surface area contributed by atoms with Gasteiger partial charge in [0.1, 0.15) is 0 Å². The van der Waals surface area contributed by atoms with Crippen LogP contribution in [0, 0.1) is 0 Å². The molecule has 0 fully saturated rings. The number of ether oxygens (including phenoxy) is 2. The summed E-state index contributed by atoms with van der Waals surface area (Å²) in [7, 11) is 0. The molecule has 12 heavy (non-hydrogen) atoms. The van der Waals surface area contributed by atoms with E-state index in [1.54, 1.807) is 0 Å². The molecule has 1 radical (unpaired) electrons. The van der Waals surface area contributed by atoms with Crippen LogP contribution in [-0.2, 0) is 19.1 Å². The van der Waals surface area contributed by atoms with Gasteiger partial charge in [0.25, 0.3) is 0 Å². The van der Waals surface area contributed by atoms with Crippen molar-refractivity contribution in [3.05, 3.63) is 0 Å². The van der Waals surface area contributed by atoms with Crippen molar-refractivity contribution in [1.29, 1.82) is 0 Å². The van der Waals surface area contributed by atoms with Gasteiger partial charge in [-0.05, 0) is 6.42 Å². The topological polar surface area (TPSA) is 52.6 Å². The maximum atomic E-state index is 10.6. The molecule has 0 bridgehead atoms. The Morgan fingerprint density at radius 2 is 2.17 bits per heavy atom. The number of carbonyl (C=O) groups excluding carboxylic acids is 2. The van der Waals surface area contributed by atoms with Gasteiger partial charge >= 0.3 is 12.4 Å². The third-order valence-corrected chi connectivity index (χ3v) is 1.26. The first kappa shape index (κ1) is 10.9. The molecule has 0 aromatic carbocycles. The van der Waals surface area contributed by atoms with E-state index in [-0.39, 0.29) is 6.61 Å². The van der Waals surface area contributed by atoms with Crippen LogP contribution in [0.15, 0.2) is 0 Å². The van der Waals surface area contributed by atoms with Crippen LogP contribution in [0.1, 0.15) is 26.2 Å². The number of rotatable bonds is 7. The van der Waals surface area contributed by atoms with Gasteiger partial charge in [-0.25, -0.2) is 9.59 Å². The van der Waals surface area contributed by atoms with E-state index >= 15 is 0 Å². The standard InChI is InChI=1S/C8H13O4/c1-2-3-4-5-12-8(10)6-11-7-9/h2-6H2,1H3. The molecule has 0 aliphatic carbocycles. The van der Waals surface area contributed by atoms with Crippen LogP contribution in [0.4, 0.5) is 0 Å². The summed E-state index contributed by atoms with van der Waals surface area (Å²) >= 11 is 0. The lowest BCUT2D eigenvalue weighted by Gasteiger charge is -2.01. The van der Waals surface area contributed by atoms with Gasteiger partial charge in [-0.3, -0.25) is 0 Å². The zero-order valence-electron chi connectivity index (χ0n) is 7.17. The Morgan fingerprint density at radius 1 is 1.42 bits per heavy atom. The minimum atomic E-state index is -0.519. The van der Waals surface area contributed by atoms with Crippen LogP contribution >= 0.6 is 0 Å². The van der Waals surface area contributed by atoms with Crippen LogP contribution in [0.5, 0.6) is 0 Å². The van der Waals surface area contributed by atoms with E-state index in [0.717, 1.165) is 25.7 Å². The summed E-state index contributed by atoms with van der Waals surface area (Å²) in [5.41, 5.74) is 0. The Hall–Kier alpha value is -1.06. The summed E-state index contributed by atoms with van der Waals surface area (Å²) in [4.78, 5) is 20.2. The summed E-state index contributed by atoms with van der Waals surface area (Å²) < 4.78 is 8.78. The number of hydrogen-bond donors (Lipinski definition) is 0. The molecule has 4 nitrogen and oxygen atoms in total. The minimum absolute atomic E-state index is 0.338. The lowest BCUT2D eigenvalue weighted by atomic mass is 10.3. The zero-order chi connectivity index (χ0) is 9.23. The molecule has 69 valence electrons. The largest absolute Gasteiger partial charge is 0.463 e. The fourth-order valence-corrected chi connectivity index (χ4v) is 0.668. The fourth-order valence-electron chi connectivity index (χ4n) is 0.668. The second-order valence-electron chi connectivity index (χ2n) is 2.30. The normalized spacial score (nSPS) is 9.08. The lowest BCUT2D eigenvalue weighted by molar-refractivity contribution is -0.146. The van der Waals surface area contributed by atoms with Crippen molar-refractivity contribution >= 4 is 12.4 Å². The highest BCUT2D eigenvalue weighted by Crippen LogP contribution is 1.94. The van der Waals surface area contributed by atoms with Crippen molar-refractivity contribution in [2.24, 2.45) is 0 Å². The van der Waals surface area contributed by atoms with Gasteiger partial charge < -0.3 is 9.47 Å². The first-order chi connectivity index (χ1) is 5.81. The Bertz CT molecular complexity index is 133. The fraction of sp³-hybridized carbons (Fsp3) is 0.750. The van der Waals surface area contributed by atoms with E-state index in [2.05, 4.69) is 11.7 Å².